The van der Waals surface area contributed by atoms with Gasteiger partial charge in [-0.15, -0.1) is 0 Å². The van der Waals surface area contributed by atoms with E-state index in [2.05, 4.69) is 69.3 Å². The molecule has 2 aromatic rings. The number of aromatic nitrogens is 1. The van der Waals surface area contributed by atoms with Crippen LogP contribution in [-0.2, 0) is 0 Å². The second kappa shape index (κ2) is 8.90. The average Bonchev–Trinajstić information content (AvgIpc) is 2.77. The quantitative estimate of drug-likeness (QED) is 0.809. The van der Waals surface area contributed by atoms with Crippen molar-refractivity contribution in [2.24, 2.45) is 5.73 Å². The number of nitrogens with zero attached hydrogens (tertiary/aromatic N) is 5. The fourth-order valence-electron chi connectivity index (χ4n) is 4.31. The number of piperidine rings is 1. The third kappa shape index (κ3) is 4.35. The number of nitrogens with two attached hydrogens (primary N) is 1. The summed E-state index contributed by atoms with van der Waals surface area (Å²) in [6.07, 6.45) is 3.91. The van der Waals surface area contributed by atoms with Crippen LogP contribution >= 0.6 is 0 Å². The van der Waals surface area contributed by atoms with Gasteiger partial charge < -0.3 is 25.8 Å². The van der Waals surface area contributed by atoms with Gasteiger partial charge in [0.25, 0.3) is 0 Å². The lowest BCUT2D eigenvalue weighted by Crippen LogP contribution is -2.50. The predicted octanol–water partition coefficient (Wildman–Crippen LogP) is 2.76. The predicted molar refractivity (Wildman–Crippen MR) is 122 cm³/mol. The summed E-state index contributed by atoms with van der Waals surface area (Å²) in [6.45, 7) is 7.38. The molecule has 30 heavy (non-hydrogen) atoms. The molecule has 4 rings (SSSR count). The van der Waals surface area contributed by atoms with Crippen LogP contribution in [-0.4, -0.2) is 61.7 Å². The number of hydrogen-bond donors (Lipinski definition) is 2. The van der Waals surface area contributed by atoms with E-state index < -0.39 is 0 Å². The van der Waals surface area contributed by atoms with E-state index in [1.165, 1.54) is 5.69 Å². The van der Waals surface area contributed by atoms with Gasteiger partial charge >= 0.3 is 0 Å². The normalized spacial score (nSPS) is 22.6. The number of anilines is 4. The standard InChI is InChI=1S/C23H31N7/c1-17-21(25)4-3-9-30(17)20-14-22(23(15-24)26-16-20)27-18-5-7-19(8-6-18)29-12-10-28(2)11-13-29/h5-8,14,16-17,21,27H,3-4,9-13,25H2,1-2H3/t17-,21-/m1/s1. The maximum Gasteiger partial charge on any atom is 0.164 e. The molecule has 7 nitrogen and oxygen atoms in total. The topological polar surface area (TPSA) is 84.4 Å². The van der Waals surface area contributed by atoms with Crippen molar-refractivity contribution in [1.82, 2.24) is 9.88 Å². The Morgan fingerprint density at radius 2 is 1.83 bits per heavy atom. The van der Waals surface area contributed by atoms with Crippen LogP contribution in [0.5, 0.6) is 0 Å². The number of benzene rings is 1. The molecule has 7 heteroatoms. The Balaban J connectivity index is 1.51. The summed E-state index contributed by atoms with van der Waals surface area (Å²) in [4.78, 5) is 11.5. The maximum absolute atomic E-state index is 9.53. The van der Waals surface area contributed by atoms with Gasteiger partial charge in [0.15, 0.2) is 5.69 Å². The van der Waals surface area contributed by atoms with Gasteiger partial charge in [-0.05, 0) is 57.1 Å². The van der Waals surface area contributed by atoms with Crippen molar-refractivity contribution in [3.63, 3.8) is 0 Å². The first-order valence-corrected chi connectivity index (χ1v) is 10.8. The van der Waals surface area contributed by atoms with Gasteiger partial charge in [-0.3, -0.25) is 0 Å². The van der Waals surface area contributed by atoms with Crippen LogP contribution in [0.15, 0.2) is 36.5 Å². The van der Waals surface area contributed by atoms with Crippen molar-refractivity contribution in [3.05, 3.63) is 42.2 Å². The maximum atomic E-state index is 9.53. The average molecular weight is 406 g/mol. The van der Waals surface area contributed by atoms with Gasteiger partial charge in [0.1, 0.15) is 6.07 Å². The first-order chi connectivity index (χ1) is 14.5. The number of nitrogens with one attached hydrogen (secondary N) is 1. The van der Waals surface area contributed by atoms with Crippen molar-refractivity contribution in [2.45, 2.75) is 31.8 Å². The summed E-state index contributed by atoms with van der Waals surface area (Å²) >= 11 is 0. The van der Waals surface area contributed by atoms with Gasteiger partial charge in [-0.25, -0.2) is 4.98 Å². The van der Waals surface area contributed by atoms with Crippen LogP contribution in [0.25, 0.3) is 0 Å². The summed E-state index contributed by atoms with van der Waals surface area (Å²) in [5, 5.41) is 12.9. The molecule has 2 aliphatic rings. The molecule has 0 aliphatic carbocycles. The molecule has 2 fully saturated rings. The molecular weight excluding hydrogens is 374 g/mol. The summed E-state index contributed by atoms with van der Waals surface area (Å²) < 4.78 is 0. The lowest BCUT2D eigenvalue weighted by Gasteiger charge is -2.39. The summed E-state index contributed by atoms with van der Waals surface area (Å²) in [5.74, 6) is 0. The molecule has 0 spiro atoms. The second-order valence-electron chi connectivity index (χ2n) is 8.40. The Hall–Kier alpha value is -2.82. The van der Waals surface area contributed by atoms with E-state index >= 15 is 0 Å². The van der Waals surface area contributed by atoms with E-state index in [0.717, 1.165) is 62.6 Å². The smallest absolute Gasteiger partial charge is 0.164 e. The largest absolute Gasteiger partial charge is 0.369 e. The van der Waals surface area contributed by atoms with Crippen LogP contribution in [0.1, 0.15) is 25.5 Å². The van der Waals surface area contributed by atoms with Gasteiger partial charge in [0.05, 0.1) is 17.6 Å². The SMILES string of the molecule is C[C@@H]1[C@H](N)CCCN1c1cnc(C#N)c(Nc2ccc(N3CCN(C)CC3)cc2)c1. The highest BCUT2D eigenvalue weighted by molar-refractivity contribution is 5.70. The van der Waals surface area contributed by atoms with E-state index in [0.29, 0.717) is 5.69 Å². The van der Waals surface area contributed by atoms with Crippen molar-refractivity contribution >= 4 is 22.7 Å². The summed E-state index contributed by atoms with van der Waals surface area (Å²) in [6, 6.07) is 13.1. The van der Waals surface area contributed by atoms with Crippen molar-refractivity contribution in [1.29, 1.82) is 5.26 Å². The Morgan fingerprint density at radius 1 is 1.10 bits per heavy atom. The van der Waals surface area contributed by atoms with Crippen molar-refractivity contribution in [2.75, 3.05) is 54.9 Å². The Morgan fingerprint density at radius 3 is 2.53 bits per heavy atom. The molecule has 0 amide bonds. The number of rotatable bonds is 4. The van der Waals surface area contributed by atoms with E-state index in [4.69, 9.17) is 5.73 Å². The van der Waals surface area contributed by atoms with E-state index in [-0.39, 0.29) is 12.1 Å². The highest BCUT2D eigenvalue weighted by Crippen LogP contribution is 2.29. The van der Waals surface area contributed by atoms with Crippen LogP contribution in [0.3, 0.4) is 0 Å². The van der Waals surface area contributed by atoms with E-state index in [1.54, 1.807) is 6.20 Å². The molecule has 3 heterocycles. The molecule has 3 N–H and O–H groups in total. The number of piperazine rings is 1. The molecule has 0 bridgehead atoms. The minimum atomic E-state index is 0.160. The lowest BCUT2D eigenvalue weighted by atomic mass is 9.98. The van der Waals surface area contributed by atoms with Crippen LogP contribution in [0, 0.1) is 11.3 Å². The zero-order valence-electron chi connectivity index (χ0n) is 17.9. The Bertz CT molecular complexity index is 897. The molecule has 0 unspecified atom stereocenters. The fourth-order valence-corrected chi connectivity index (χ4v) is 4.31. The van der Waals surface area contributed by atoms with Crippen LogP contribution < -0.4 is 20.9 Å². The molecular formula is C23H31N7. The minimum absolute atomic E-state index is 0.160. The molecule has 2 atom stereocenters. The van der Waals surface area contributed by atoms with Crippen LogP contribution in [0.4, 0.5) is 22.7 Å². The molecule has 1 aromatic heterocycles. The van der Waals surface area contributed by atoms with Gasteiger partial charge in [-0.2, -0.15) is 5.26 Å². The monoisotopic (exact) mass is 405 g/mol. The highest BCUT2D eigenvalue weighted by Gasteiger charge is 2.26. The summed E-state index contributed by atoms with van der Waals surface area (Å²) in [5.41, 5.74) is 10.6. The zero-order valence-corrected chi connectivity index (χ0v) is 17.9. The Kier molecular flexibility index (Phi) is 6.07. The minimum Gasteiger partial charge on any atom is -0.369 e. The lowest BCUT2D eigenvalue weighted by molar-refractivity contribution is 0.313. The third-order valence-corrected chi connectivity index (χ3v) is 6.37. The van der Waals surface area contributed by atoms with Gasteiger partial charge in [0.2, 0.25) is 0 Å². The number of pyridine rings is 1. The van der Waals surface area contributed by atoms with E-state index in [9.17, 15) is 5.26 Å². The fraction of sp³-hybridized carbons (Fsp3) is 0.478. The second-order valence-corrected chi connectivity index (χ2v) is 8.40. The van der Waals surface area contributed by atoms with Crippen LogP contribution in [0.2, 0.25) is 0 Å². The molecule has 1 aromatic carbocycles. The van der Waals surface area contributed by atoms with Gasteiger partial charge in [0, 0.05) is 56.2 Å². The van der Waals surface area contributed by atoms with Gasteiger partial charge in [-0.1, -0.05) is 0 Å². The highest BCUT2D eigenvalue weighted by atomic mass is 15.2. The molecule has 2 saturated heterocycles. The van der Waals surface area contributed by atoms with E-state index in [1.807, 2.05) is 6.07 Å². The zero-order chi connectivity index (χ0) is 21.1. The first-order valence-electron chi connectivity index (χ1n) is 10.8. The number of likely N-dealkylation sites (N-methyl/N-ethyl adjacent to an activating group) is 1. The molecule has 0 radical (unpaired) electrons. The summed E-state index contributed by atoms with van der Waals surface area (Å²) in [7, 11) is 2.16. The third-order valence-electron chi connectivity index (χ3n) is 6.37. The first kappa shape index (κ1) is 20.5. The van der Waals surface area contributed by atoms with Crippen molar-refractivity contribution in [3.8, 4) is 6.07 Å². The number of hydrogen-bond acceptors (Lipinski definition) is 7. The number of nitriles is 1. The molecule has 2 aliphatic heterocycles. The molecule has 158 valence electrons. The Labute approximate surface area is 179 Å². The van der Waals surface area contributed by atoms with Crippen molar-refractivity contribution < 1.29 is 0 Å². The molecule has 0 saturated carbocycles.